The maximum Gasteiger partial charge on any atom is 0.277 e. The van der Waals surface area contributed by atoms with Crippen molar-refractivity contribution in [2.45, 2.75) is 16.7 Å². The van der Waals surface area contributed by atoms with Crippen LogP contribution in [0.4, 0.5) is 5.69 Å². The number of nitrogens with zero attached hydrogens (tertiary/aromatic N) is 1. The Morgan fingerprint density at radius 2 is 1.08 bits per heavy atom. The Bertz CT molecular complexity index is 1810. The molecular formula is C28H20ClNO5S2. The summed E-state index contributed by atoms with van der Waals surface area (Å²) in [5, 5.41) is 2.82. The Hall–Kier alpha value is -3.72. The summed E-state index contributed by atoms with van der Waals surface area (Å²) in [6.07, 6.45) is 0. The van der Waals surface area contributed by atoms with Crippen LogP contribution in [-0.2, 0) is 20.0 Å². The summed E-state index contributed by atoms with van der Waals surface area (Å²) in [6, 6.07) is 26.9. The van der Waals surface area contributed by atoms with Crippen molar-refractivity contribution in [1.82, 2.24) is 0 Å². The summed E-state index contributed by atoms with van der Waals surface area (Å²) < 4.78 is 56.5. The van der Waals surface area contributed by atoms with Crippen molar-refractivity contribution in [3.05, 3.63) is 114 Å². The Balaban J connectivity index is 1.75. The van der Waals surface area contributed by atoms with E-state index in [4.69, 9.17) is 11.6 Å². The van der Waals surface area contributed by atoms with Gasteiger partial charge in [0.1, 0.15) is 0 Å². The van der Waals surface area contributed by atoms with Gasteiger partial charge in [-0.05, 0) is 70.9 Å². The molecule has 0 radical (unpaired) electrons. The van der Waals surface area contributed by atoms with Crippen molar-refractivity contribution in [3.8, 4) is 0 Å². The minimum Gasteiger partial charge on any atom is -0.294 e. The van der Waals surface area contributed by atoms with Crippen molar-refractivity contribution in [3.63, 3.8) is 0 Å². The number of hydrogen-bond acceptors (Lipinski definition) is 5. The number of Topliss-reactive ketones (excluding diaryl/α,β-unsaturated/α-hetero) is 1. The van der Waals surface area contributed by atoms with Gasteiger partial charge >= 0.3 is 0 Å². The first-order chi connectivity index (χ1) is 17.6. The molecule has 0 saturated heterocycles. The molecule has 0 aliphatic carbocycles. The highest BCUT2D eigenvalue weighted by Crippen LogP contribution is 2.35. The first-order valence-corrected chi connectivity index (χ1v) is 14.4. The average Bonchev–Trinajstić information content (AvgIpc) is 2.87. The van der Waals surface area contributed by atoms with Crippen molar-refractivity contribution in [2.24, 2.45) is 0 Å². The number of sulfonamides is 2. The van der Waals surface area contributed by atoms with E-state index >= 15 is 0 Å². The predicted octanol–water partition coefficient (Wildman–Crippen LogP) is 6.43. The molecule has 6 nitrogen and oxygen atoms in total. The van der Waals surface area contributed by atoms with Crippen molar-refractivity contribution >= 4 is 64.7 Å². The number of carbonyl (C=O) groups is 1. The van der Waals surface area contributed by atoms with E-state index in [9.17, 15) is 21.6 Å². The lowest BCUT2D eigenvalue weighted by Gasteiger charge is -2.25. The molecule has 0 N–H and O–H groups in total. The number of halogens is 1. The Kier molecular flexibility index (Phi) is 6.27. The average molecular weight is 550 g/mol. The van der Waals surface area contributed by atoms with Crippen LogP contribution in [0, 0.1) is 0 Å². The van der Waals surface area contributed by atoms with E-state index in [1.807, 2.05) is 24.3 Å². The van der Waals surface area contributed by atoms with E-state index < -0.39 is 20.0 Å². The Morgan fingerprint density at radius 3 is 1.51 bits per heavy atom. The highest BCUT2D eigenvalue weighted by atomic mass is 35.5. The summed E-state index contributed by atoms with van der Waals surface area (Å²) in [6.45, 7) is 1.32. The summed E-state index contributed by atoms with van der Waals surface area (Å²) in [5.41, 5.74) is -0.0621. The number of fused-ring (bicyclic) bond motifs is 2. The second-order valence-corrected chi connectivity index (χ2v) is 12.7. The molecule has 0 heterocycles. The first-order valence-electron chi connectivity index (χ1n) is 11.2. The fraction of sp³-hybridized carbons (Fsp3) is 0.0357. The summed E-state index contributed by atoms with van der Waals surface area (Å²) in [5.74, 6) is -0.335. The van der Waals surface area contributed by atoms with Crippen LogP contribution >= 0.6 is 11.6 Å². The van der Waals surface area contributed by atoms with Crippen molar-refractivity contribution < 1.29 is 21.6 Å². The number of carbonyl (C=O) groups excluding carboxylic acids is 1. The van der Waals surface area contributed by atoms with Gasteiger partial charge in [0.2, 0.25) is 0 Å². The normalized spacial score (nSPS) is 12.1. The second-order valence-electron chi connectivity index (χ2n) is 8.45. The molecule has 0 saturated carbocycles. The van der Waals surface area contributed by atoms with E-state index in [1.165, 1.54) is 49.4 Å². The molecular weight excluding hydrogens is 530 g/mol. The number of anilines is 1. The molecule has 0 aromatic heterocycles. The number of ketones is 1. The third kappa shape index (κ3) is 4.48. The van der Waals surface area contributed by atoms with Gasteiger partial charge in [0, 0.05) is 5.56 Å². The standard InChI is InChI=1S/C28H20ClNO5S2/c1-19(31)27-15-12-24(18-28(27)29)30(36(32,33)25-13-10-20-6-2-4-8-22(20)16-25)37(34,35)26-14-11-21-7-3-5-9-23(21)17-26/h2-18H,1H3. The smallest absolute Gasteiger partial charge is 0.277 e. The van der Waals surface area contributed by atoms with Crippen LogP contribution < -0.4 is 3.71 Å². The Labute approximate surface area is 219 Å². The fourth-order valence-corrected chi connectivity index (χ4v) is 8.21. The molecule has 0 fully saturated rings. The number of hydrogen-bond donors (Lipinski definition) is 0. The van der Waals surface area contributed by atoms with E-state index in [-0.39, 0.29) is 31.8 Å². The van der Waals surface area contributed by atoms with E-state index in [2.05, 4.69) is 0 Å². The molecule has 5 aromatic rings. The summed E-state index contributed by atoms with van der Waals surface area (Å²) in [4.78, 5) is 11.5. The maximum absolute atomic E-state index is 14.0. The minimum atomic E-state index is -4.65. The molecule has 37 heavy (non-hydrogen) atoms. The zero-order valence-electron chi connectivity index (χ0n) is 19.5. The van der Waals surface area contributed by atoms with Crippen molar-refractivity contribution in [1.29, 1.82) is 0 Å². The zero-order chi connectivity index (χ0) is 26.4. The van der Waals surface area contributed by atoms with Gasteiger partial charge < -0.3 is 0 Å². The van der Waals surface area contributed by atoms with Gasteiger partial charge in [-0.15, -0.1) is 0 Å². The molecule has 0 aliphatic heterocycles. The van der Waals surface area contributed by atoms with Gasteiger partial charge in [-0.25, -0.2) is 16.8 Å². The molecule has 0 aliphatic rings. The van der Waals surface area contributed by atoms with Gasteiger partial charge in [-0.2, -0.15) is 3.71 Å². The van der Waals surface area contributed by atoms with Crippen molar-refractivity contribution in [2.75, 3.05) is 3.71 Å². The van der Waals surface area contributed by atoms with Crippen LogP contribution in [0.25, 0.3) is 21.5 Å². The largest absolute Gasteiger partial charge is 0.294 e. The fourth-order valence-electron chi connectivity index (χ4n) is 4.16. The van der Waals surface area contributed by atoms with Crippen LogP contribution in [0.5, 0.6) is 0 Å². The van der Waals surface area contributed by atoms with Crippen LogP contribution in [-0.4, -0.2) is 22.6 Å². The highest BCUT2D eigenvalue weighted by molar-refractivity contribution is 8.10. The van der Waals surface area contributed by atoms with Crippen LogP contribution in [0.1, 0.15) is 17.3 Å². The maximum atomic E-state index is 14.0. The monoisotopic (exact) mass is 549 g/mol. The molecule has 0 amide bonds. The second kappa shape index (κ2) is 9.30. The lowest BCUT2D eigenvalue weighted by molar-refractivity contribution is 0.101. The quantitative estimate of drug-likeness (QED) is 0.228. The number of rotatable bonds is 6. The summed E-state index contributed by atoms with van der Waals surface area (Å²) >= 11 is 6.28. The van der Waals surface area contributed by atoms with E-state index in [0.717, 1.165) is 10.8 Å². The van der Waals surface area contributed by atoms with Gasteiger partial charge in [0.25, 0.3) is 20.0 Å². The van der Waals surface area contributed by atoms with Crippen LogP contribution in [0.3, 0.4) is 0 Å². The molecule has 0 spiro atoms. The minimum absolute atomic E-state index is 0.0579. The van der Waals surface area contributed by atoms with E-state index in [1.54, 1.807) is 36.4 Å². The van der Waals surface area contributed by atoms with Crippen LogP contribution in [0.2, 0.25) is 5.02 Å². The highest BCUT2D eigenvalue weighted by Gasteiger charge is 2.37. The molecule has 9 heteroatoms. The molecule has 0 unspecified atom stereocenters. The van der Waals surface area contributed by atoms with Crippen LogP contribution in [0.15, 0.2) is 113 Å². The topological polar surface area (TPSA) is 88.6 Å². The van der Waals surface area contributed by atoms with Gasteiger partial charge in [0.05, 0.1) is 20.5 Å². The Morgan fingerprint density at radius 1 is 0.622 bits per heavy atom. The number of benzene rings is 5. The third-order valence-electron chi connectivity index (χ3n) is 6.02. The zero-order valence-corrected chi connectivity index (χ0v) is 21.9. The predicted molar refractivity (Wildman–Crippen MR) is 146 cm³/mol. The summed E-state index contributed by atoms with van der Waals surface area (Å²) in [7, 11) is -9.31. The molecule has 186 valence electrons. The molecule has 0 bridgehead atoms. The molecule has 5 rings (SSSR count). The third-order valence-corrected chi connectivity index (χ3v) is 10.5. The van der Waals surface area contributed by atoms with Gasteiger partial charge in [-0.1, -0.05) is 72.3 Å². The van der Waals surface area contributed by atoms with Gasteiger partial charge in [-0.3, -0.25) is 4.79 Å². The van der Waals surface area contributed by atoms with E-state index in [0.29, 0.717) is 14.5 Å². The SMILES string of the molecule is CC(=O)c1ccc(N(S(=O)(=O)c2ccc3ccccc3c2)S(=O)(=O)c2ccc3ccccc3c2)cc1Cl. The lowest BCUT2D eigenvalue weighted by Crippen LogP contribution is -2.37. The van der Waals surface area contributed by atoms with Gasteiger partial charge in [0.15, 0.2) is 5.78 Å². The lowest BCUT2D eigenvalue weighted by atomic mass is 10.1. The molecule has 0 atom stereocenters. The molecule has 5 aromatic carbocycles. The first kappa shape index (κ1) is 25.0.